The molecule has 0 spiro atoms. The Kier molecular flexibility index (Phi) is 3.66. The summed E-state index contributed by atoms with van der Waals surface area (Å²) < 4.78 is 19.1. The summed E-state index contributed by atoms with van der Waals surface area (Å²) in [6.45, 7) is 0.0499. The third kappa shape index (κ3) is 3.22. The maximum Gasteiger partial charge on any atom is 0.248 e. The fourth-order valence-electron chi connectivity index (χ4n) is 1.58. The fraction of sp³-hybridized carbons (Fsp3) is 0.0714. The molecule has 0 unspecified atom stereocenters. The van der Waals surface area contributed by atoms with Gasteiger partial charge < -0.3 is 16.2 Å². The van der Waals surface area contributed by atoms with Crippen molar-refractivity contribution in [2.75, 3.05) is 5.73 Å². The van der Waals surface area contributed by atoms with E-state index < -0.39 is 11.7 Å². The van der Waals surface area contributed by atoms with Crippen molar-refractivity contribution in [3.63, 3.8) is 0 Å². The smallest absolute Gasteiger partial charge is 0.248 e. The van der Waals surface area contributed by atoms with E-state index in [0.29, 0.717) is 17.0 Å². The summed E-state index contributed by atoms with van der Waals surface area (Å²) in [5, 5.41) is 0. The van der Waals surface area contributed by atoms with E-state index in [1.165, 1.54) is 12.1 Å². The average molecular weight is 260 g/mol. The van der Waals surface area contributed by atoms with Gasteiger partial charge in [0.1, 0.15) is 18.2 Å². The quantitative estimate of drug-likeness (QED) is 0.826. The molecule has 0 bridgehead atoms. The number of carbonyl (C=O) groups excluding carboxylic acids is 1. The van der Waals surface area contributed by atoms with Crippen molar-refractivity contribution in [3.05, 3.63) is 59.4 Å². The first-order chi connectivity index (χ1) is 9.06. The first-order valence-corrected chi connectivity index (χ1v) is 5.63. The molecule has 19 heavy (non-hydrogen) atoms. The molecule has 1 amide bonds. The van der Waals surface area contributed by atoms with Gasteiger partial charge in [-0.2, -0.15) is 0 Å². The van der Waals surface area contributed by atoms with Gasteiger partial charge in [0.2, 0.25) is 5.91 Å². The Balaban J connectivity index is 2.10. The molecule has 0 atom stereocenters. The van der Waals surface area contributed by atoms with Crippen molar-refractivity contribution in [1.29, 1.82) is 0 Å². The van der Waals surface area contributed by atoms with Gasteiger partial charge in [0.05, 0.1) is 0 Å². The predicted octanol–water partition coefficient (Wildman–Crippen LogP) is 2.09. The van der Waals surface area contributed by atoms with Gasteiger partial charge in [-0.25, -0.2) is 4.39 Å². The molecule has 2 aromatic rings. The SMILES string of the molecule is NC(=O)c1ccc(COc2cccc(N)c2)c(F)c1. The summed E-state index contributed by atoms with van der Waals surface area (Å²) in [5.41, 5.74) is 11.7. The minimum atomic E-state index is -0.665. The number of anilines is 1. The Hall–Kier alpha value is -2.56. The number of rotatable bonds is 4. The normalized spacial score (nSPS) is 10.2. The Bertz CT molecular complexity index is 614. The lowest BCUT2D eigenvalue weighted by Gasteiger charge is -2.08. The lowest BCUT2D eigenvalue weighted by Crippen LogP contribution is -2.11. The molecule has 0 fully saturated rings. The molecule has 2 aromatic carbocycles. The molecular weight excluding hydrogens is 247 g/mol. The van der Waals surface area contributed by atoms with Crippen LogP contribution in [0.4, 0.5) is 10.1 Å². The van der Waals surface area contributed by atoms with Crippen LogP contribution >= 0.6 is 0 Å². The van der Waals surface area contributed by atoms with Crippen molar-refractivity contribution in [1.82, 2.24) is 0 Å². The molecule has 4 N–H and O–H groups in total. The monoisotopic (exact) mass is 260 g/mol. The Morgan fingerprint density at radius 2 is 2.00 bits per heavy atom. The molecule has 0 saturated heterocycles. The van der Waals surface area contributed by atoms with Crippen LogP contribution < -0.4 is 16.2 Å². The summed E-state index contributed by atoms with van der Waals surface area (Å²) >= 11 is 0. The summed E-state index contributed by atoms with van der Waals surface area (Å²) in [6.07, 6.45) is 0. The van der Waals surface area contributed by atoms with E-state index in [1.54, 1.807) is 24.3 Å². The Morgan fingerprint density at radius 1 is 1.21 bits per heavy atom. The third-order valence-corrected chi connectivity index (χ3v) is 2.59. The fourth-order valence-corrected chi connectivity index (χ4v) is 1.58. The maximum atomic E-state index is 13.7. The van der Waals surface area contributed by atoms with Gasteiger partial charge in [0, 0.05) is 22.9 Å². The third-order valence-electron chi connectivity index (χ3n) is 2.59. The zero-order chi connectivity index (χ0) is 13.8. The van der Waals surface area contributed by atoms with Crippen LogP contribution in [0.5, 0.6) is 5.75 Å². The van der Waals surface area contributed by atoms with Gasteiger partial charge in [-0.15, -0.1) is 0 Å². The molecular formula is C14H13FN2O2. The Morgan fingerprint density at radius 3 is 2.63 bits per heavy atom. The molecule has 0 heterocycles. The molecule has 0 aliphatic heterocycles. The number of primary amides is 1. The van der Waals surface area contributed by atoms with E-state index in [0.717, 1.165) is 6.07 Å². The molecule has 0 aliphatic carbocycles. The highest BCUT2D eigenvalue weighted by atomic mass is 19.1. The largest absolute Gasteiger partial charge is 0.489 e. The average Bonchev–Trinajstić information content (AvgIpc) is 2.37. The number of hydrogen-bond donors (Lipinski definition) is 2. The highest BCUT2D eigenvalue weighted by Crippen LogP contribution is 2.17. The topological polar surface area (TPSA) is 78.3 Å². The predicted molar refractivity (Wildman–Crippen MR) is 70.1 cm³/mol. The zero-order valence-corrected chi connectivity index (χ0v) is 10.1. The van der Waals surface area contributed by atoms with E-state index in [9.17, 15) is 9.18 Å². The van der Waals surface area contributed by atoms with Crippen molar-refractivity contribution in [3.8, 4) is 5.75 Å². The molecule has 0 radical (unpaired) electrons. The zero-order valence-electron chi connectivity index (χ0n) is 10.1. The number of halogens is 1. The van der Waals surface area contributed by atoms with E-state index in [1.807, 2.05) is 0 Å². The van der Waals surface area contributed by atoms with Crippen molar-refractivity contribution in [2.45, 2.75) is 6.61 Å². The van der Waals surface area contributed by atoms with Crippen LogP contribution in [-0.4, -0.2) is 5.91 Å². The molecule has 0 aliphatic rings. The van der Waals surface area contributed by atoms with E-state index in [4.69, 9.17) is 16.2 Å². The highest BCUT2D eigenvalue weighted by molar-refractivity contribution is 5.92. The van der Waals surface area contributed by atoms with Gasteiger partial charge in [0.25, 0.3) is 0 Å². The highest BCUT2D eigenvalue weighted by Gasteiger charge is 2.07. The van der Waals surface area contributed by atoms with Crippen LogP contribution in [0.1, 0.15) is 15.9 Å². The van der Waals surface area contributed by atoms with Gasteiger partial charge in [-0.3, -0.25) is 4.79 Å². The van der Waals surface area contributed by atoms with E-state index >= 15 is 0 Å². The molecule has 5 heteroatoms. The number of nitrogens with two attached hydrogens (primary N) is 2. The van der Waals surface area contributed by atoms with Crippen LogP contribution in [-0.2, 0) is 6.61 Å². The van der Waals surface area contributed by atoms with Gasteiger partial charge in [0.15, 0.2) is 0 Å². The van der Waals surface area contributed by atoms with Crippen molar-refractivity contribution < 1.29 is 13.9 Å². The maximum absolute atomic E-state index is 13.7. The minimum absolute atomic E-state index is 0.0499. The second-order valence-corrected chi connectivity index (χ2v) is 4.03. The number of benzene rings is 2. The minimum Gasteiger partial charge on any atom is -0.489 e. The molecule has 98 valence electrons. The summed E-state index contributed by atoms with van der Waals surface area (Å²) in [4.78, 5) is 10.9. The van der Waals surface area contributed by atoms with Crippen LogP contribution in [0.15, 0.2) is 42.5 Å². The second-order valence-electron chi connectivity index (χ2n) is 4.03. The number of hydrogen-bond acceptors (Lipinski definition) is 3. The summed E-state index contributed by atoms with van der Waals surface area (Å²) in [5.74, 6) is -0.638. The molecule has 0 aromatic heterocycles. The number of amides is 1. The Labute approximate surface area is 109 Å². The number of nitrogen functional groups attached to an aromatic ring is 1. The molecule has 2 rings (SSSR count). The first kappa shape index (κ1) is 12.9. The van der Waals surface area contributed by atoms with E-state index in [-0.39, 0.29) is 12.2 Å². The van der Waals surface area contributed by atoms with Crippen LogP contribution in [0.2, 0.25) is 0 Å². The summed E-state index contributed by atoms with van der Waals surface area (Å²) in [7, 11) is 0. The van der Waals surface area contributed by atoms with Crippen LogP contribution in [0, 0.1) is 5.82 Å². The van der Waals surface area contributed by atoms with Gasteiger partial charge in [-0.05, 0) is 24.3 Å². The lowest BCUT2D eigenvalue weighted by atomic mass is 10.1. The van der Waals surface area contributed by atoms with Crippen molar-refractivity contribution in [2.24, 2.45) is 5.73 Å². The number of carbonyl (C=O) groups is 1. The molecule has 4 nitrogen and oxygen atoms in total. The van der Waals surface area contributed by atoms with Crippen LogP contribution in [0.25, 0.3) is 0 Å². The standard InChI is InChI=1S/C14H13FN2O2/c15-13-6-9(14(17)18)4-5-10(13)8-19-12-3-1-2-11(16)7-12/h1-7H,8,16H2,(H2,17,18). The molecule has 0 saturated carbocycles. The summed E-state index contributed by atoms with van der Waals surface area (Å²) in [6, 6.07) is 10.9. The lowest BCUT2D eigenvalue weighted by molar-refractivity contribution is 0.0999. The van der Waals surface area contributed by atoms with E-state index in [2.05, 4.69) is 0 Å². The number of ether oxygens (including phenoxy) is 1. The van der Waals surface area contributed by atoms with Crippen molar-refractivity contribution >= 4 is 11.6 Å². The van der Waals surface area contributed by atoms with Gasteiger partial charge in [-0.1, -0.05) is 12.1 Å². The van der Waals surface area contributed by atoms with Gasteiger partial charge >= 0.3 is 0 Å². The first-order valence-electron chi connectivity index (χ1n) is 5.63. The second kappa shape index (κ2) is 5.39. The van der Waals surface area contributed by atoms with Crippen LogP contribution in [0.3, 0.4) is 0 Å².